The van der Waals surface area contributed by atoms with E-state index in [4.69, 9.17) is 0 Å². The molecule has 2 aliphatic carbocycles. The summed E-state index contributed by atoms with van der Waals surface area (Å²) in [5.41, 5.74) is 5.41. The molecule has 0 bridgehead atoms. The van der Waals surface area contributed by atoms with E-state index >= 15 is 0 Å². The summed E-state index contributed by atoms with van der Waals surface area (Å²) in [6.45, 7) is 5.50. The van der Waals surface area contributed by atoms with E-state index in [-0.39, 0.29) is 11.5 Å². The van der Waals surface area contributed by atoms with Crippen molar-refractivity contribution in [1.29, 1.82) is 0 Å². The minimum atomic E-state index is 0.0404. The van der Waals surface area contributed by atoms with Gasteiger partial charge in [-0.1, -0.05) is 25.5 Å². The van der Waals surface area contributed by atoms with E-state index in [0.717, 1.165) is 53.7 Å². The number of nitrogens with zero attached hydrogens (tertiary/aromatic N) is 5. The molecule has 1 aliphatic heterocycles. The van der Waals surface area contributed by atoms with E-state index in [1.54, 1.807) is 6.33 Å². The number of aryl methyl sites for hydroxylation is 1. The second-order valence-electron chi connectivity index (χ2n) is 12.2. The zero-order valence-electron chi connectivity index (χ0n) is 22.6. The fourth-order valence-electron chi connectivity index (χ4n) is 6.81. The third kappa shape index (κ3) is 4.31. The van der Waals surface area contributed by atoms with E-state index < -0.39 is 0 Å². The summed E-state index contributed by atoms with van der Waals surface area (Å²) < 4.78 is 3.93. The zero-order valence-corrected chi connectivity index (χ0v) is 22.6. The van der Waals surface area contributed by atoms with Gasteiger partial charge in [-0.25, -0.2) is 0 Å². The molecule has 4 heterocycles. The van der Waals surface area contributed by atoms with Gasteiger partial charge in [0.15, 0.2) is 0 Å². The number of nitrogens with one attached hydrogen (secondary N) is 1. The van der Waals surface area contributed by atoms with Gasteiger partial charge in [-0.05, 0) is 92.1 Å². The van der Waals surface area contributed by atoms with Gasteiger partial charge >= 0.3 is 0 Å². The van der Waals surface area contributed by atoms with Crippen LogP contribution in [0.25, 0.3) is 16.6 Å². The number of H-pyrrole nitrogens is 1. The van der Waals surface area contributed by atoms with Crippen LogP contribution in [0.15, 0.2) is 47.7 Å². The lowest BCUT2D eigenvalue weighted by Gasteiger charge is -2.33. The van der Waals surface area contributed by atoms with E-state index in [1.165, 1.54) is 56.1 Å². The van der Waals surface area contributed by atoms with Gasteiger partial charge in [0.2, 0.25) is 0 Å². The number of piperidine rings is 1. The van der Waals surface area contributed by atoms with Gasteiger partial charge in [-0.3, -0.25) is 14.3 Å². The fourth-order valence-corrected chi connectivity index (χ4v) is 6.81. The van der Waals surface area contributed by atoms with Crippen molar-refractivity contribution >= 4 is 10.9 Å². The van der Waals surface area contributed by atoms with E-state index in [2.05, 4.69) is 63.5 Å². The Labute approximate surface area is 223 Å². The van der Waals surface area contributed by atoms with Gasteiger partial charge in [0.1, 0.15) is 17.7 Å². The van der Waals surface area contributed by atoms with Gasteiger partial charge in [-0.15, -0.1) is 10.2 Å². The summed E-state index contributed by atoms with van der Waals surface area (Å²) in [4.78, 5) is 20.0. The van der Waals surface area contributed by atoms with Crippen molar-refractivity contribution in [3.05, 3.63) is 75.9 Å². The molecular formula is C31H38N6O. The van der Waals surface area contributed by atoms with Gasteiger partial charge < -0.3 is 9.55 Å². The summed E-state index contributed by atoms with van der Waals surface area (Å²) in [5, 5.41) is 9.79. The average molecular weight is 511 g/mol. The highest BCUT2D eigenvalue weighted by Crippen LogP contribution is 2.44. The van der Waals surface area contributed by atoms with Crippen molar-refractivity contribution in [1.82, 2.24) is 29.2 Å². The Bertz CT molecular complexity index is 1520. The summed E-state index contributed by atoms with van der Waals surface area (Å²) in [7, 11) is 2.03. The predicted molar refractivity (Wildman–Crippen MR) is 150 cm³/mol. The number of aromatic amines is 1. The fraction of sp³-hybridized carbons (Fsp3) is 0.516. The maximum absolute atomic E-state index is 13.9. The summed E-state index contributed by atoms with van der Waals surface area (Å²) in [5.74, 6) is 3.06. The van der Waals surface area contributed by atoms with Crippen LogP contribution in [0.2, 0.25) is 0 Å². The standard InChI is InChI=1S/C31H38N6O/c1-20-6-5-13-36(16-20)17-24-15-26-27(21-11-12-21)18-37(31(38)29(26)33-24)25-10-4-9-23(14-25)28(22-7-3-8-22)30-34-32-19-35(30)2/h4,9-10,14-15,18-22,28,33H,3,5-8,11-13,16-17H2,1-2H3/t20-,28-/m0/s1. The monoisotopic (exact) mass is 510 g/mol. The number of hydrogen-bond donors (Lipinski definition) is 1. The Morgan fingerprint density at radius 1 is 1.11 bits per heavy atom. The Hall–Kier alpha value is -3.19. The van der Waals surface area contributed by atoms with Crippen LogP contribution >= 0.6 is 0 Å². The molecule has 3 fully saturated rings. The second-order valence-corrected chi connectivity index (χ2v) is 12.2. The second kappa shape index (κ2) is 9.53. The summed E-state index contributed by atoms with van der Waals surface area (Å²) in [6.07, 6.45) is 12.6. The molecule has 1 aromatic carbocycles. The summed E-state index contributed by atoms with van der Waals surface area (Å²) in [6, 6.07) is 10.8. The first kappa shape index (κ1) is 23.9. The van der Waals surface area contributed by atoms with Gasteiger partial charge in [0.25, 0.3) is 5.56 Å². The lowest BCUT2D eigenvalue weighted by Crippen LogP contribution is -2.33. The Balaban J connectivity index is 1.29. The molecule has 2 saturated carbocycles. The van der Waals surface area contributed by atoms with Crippen LogP contribution in [0.1, 0.15) is 86.4 Å². The molecule has 7 nitrogen and oxygen atoms in total. The van der Waals surface area contributed by atoms with Crippen molar-refractivity contribution in [3.8, 4) is 5.69 Å². The first-order valence-corrected chi connectivity index (χ1v) is 14.5. The molecule has 4 aromatic rings. The van der Waals surface area contributed by atoms with Crippen molar-refractivity contribution in [2.24, 2.45) is 18.9 Å². The molecule has 198 valence electrons. The largest absolute Gasteiger partial charge is 0.353 e. The molecule has 1 saturated heterocycles. The zero-order chi connectivity index (χ0) is 25.8. The minimum absolute atomic E-state index is 0.0404. The van der Waals surface area contributed by atoms with Crippen LogP contribution in [-0.2, 0) is 13.6 Å². The molecule has 7 rings (SSSR count). The molecule has 2 atom stereocenters. The number of hydrogen-bond acceptors (Lipinski definition) is 4. The molecule has 0 amide bonds. The highest BCUT2D eigenvalue weighted by atomic mass is 16.1. The number of aromatic nitrogens is 5. The highest BCUT2D eigenvalue weighted by molar-refractivity contribution is 5.84. The highest BCUT2D eigenvalue weighted by Gasteiger charge is 2.33. The van der Waals surface area contributed by atoms with Crippen LogP contribution in [0, 0.1) is 11.8 Å². The quantitative estimate of drug-likeness (QED) is 0.357. The van der Waals surface area contributed by atoms with E-state index in [0.29, 0.717) is 11.8 Å². The van der Waals surface area contributed by atoms with Crippen molar-refractivity contribution in [2.75, 3.05) is 13.1 Å². The van der Waals surface area contributed by atoms with Gasteiger partial charge in [0, 0.05) is 49.0 Å². The Kier molecular flexibility index (Phi) is 5.99. The number of fused-ring (bicyclic) bond motifs is 1. The van der Waals surface area contributed by atoms with Crippen molar-refractivity contribution < 1.29 is 0 Å². The first-order valence-electron chi connectivity index (χ1n) is 14.5. The topological polar surface area (TPSA) is 71.7 Å². The maximum atomic E-state index is 13.9. The molecule has 1 N–H and O–H groups in total. The van der Waals surface area contributed by atoms with Crippen LogP contribution in [0.3, 0.4) is 0 Å². The lowest BCUT2D eigenvalue weighted by atomic mass is 9.72. The molecule has 7 heteroatoms. The number of pyridine rings is 1. The Morgan fingerprint density at radius 2 is 1.97 bits per heavy atom. The maximum Gasteiger partial charge on any atom is 0.279 e. The third-order valence-corrected chi connectivity index (χ3v) is 9.19. The number of rotatable bonds is 7. The summed E-state index contributed by atoms with van der Waals surface area (Å²) >= 11 is 0. The van der Waals surface area contributed by atoms with Crippen LogP contribution < -0.4 is 5.56 Å². The first-order chi connectivity index (χ1) is 18.5. The molecule has 0 spiro atoms. The van der Waals surface area contributed by atoms with E-state index in [1.807, 2.05) is 16.2 Å². The molecule has 3 aliphatic rings. The lowest BCUT2D eigenvalue weighted by molar-refractivity contribution is 0.175. The smallest absolute Gasteiger partial charge is 0.279 e. The molecule has 0 unspecified atom stereocenters. The number of benzene rings is 1. The van der Waals surface area contributed by atoms with E-state index in [9.17, 15) is 4.79 Å². The van der Waals surface area contributed by atoms with Crippen LogP contribution in [0.5, 0.6) is 0 Å². The predicted octanol–water partition coefficient (Wildman–Crippen LogP) is 5.49. The Morgan fingerprint density at radius 3 is 2.68 bits per heavy atom. The van der Waals surface area contributed by atoms with Crippen molar-refractivity contribution in [2.45, 2.75) is 70.3 Å². The van der Waals surface area contributed by atoms with Gasteiger partial charge in [0.05, 0.1) is 0 Å². The van der Waals surface area contributed by atoms with Crippen LogP contribution in [-0.4, -0.2) is 42.3 Å². The molecular weight excluding hydrogens is 472 g/mol. The normalized spacial score (nSPS) is 21.6. The number of likely N-dealkylation sites (tertiary alicyclic amines) is 1. The SMILES string of the molecule is C[C@H]1CCCN(Cc2cc3c(C4CC4)cn(-c4cccc([C@@H](c5nncn5C)C5CCC5)c4)c(=O)c3[nH]2)C1. The van der Waals surface area contributed by atoms with Crippen LogP contribution in [0.4, 0.5) is 0 Å². The van der Waals surface area contributed by atoms with Gasteiger partial charge in [-0.2, -0.15) is 0 Å². The third-order valence-electron chi connectivity index (χ3n) is 9.19. The molecule has 38 heavy (non-hydrogen) atoms. The average Bonchev–Trinajstić information content (AvgIpc) is 3.50. The van der Waals surface area contributed by atoms with Crippen molar-refractivity contribution in [3.63, 3.8) is 0 Å². The molecule has 3 aromatic heterocycles. The molecule has 0 radical (unpaired) electrons. The minimum Gasteiger partial charge on any atom is -0.353 e.